The minimum absolute atomic E-state index is 0.0515. The molecule has 3 aliphatic rings. The van der Waals surface area contributed by atoms with Gasteiger partial charge in [0.05, 0.1) is 5.56 Å². The number of guanidine groups is 2. The summed E-state index contributed by atoms with van der Waals surface area (Å²) in [6, 6.07) is 10.2. The Hall–Kier alpha value is -3.37. The van der Waals surface area contributed by atoms with Crippen LogP contribution in [0.1, 0.15) is 29.3 Å². The number of hydrogen-bond acceptors (Lipinski definition) is 9. The lowest BCUT2D eigenvalue weighted by Gasteiger charge is -2.43. The van der Waals surface area contributed by atoms with Gasteiger partial charge in [0.2, 0.25) is 5.66 Å². The summed E-state index contributed by atoms with van der Waals surface area (Å²) in [5.74, 6) is -2.87. The second kappa shape index (κ2) is 6.81. The molecule has 5 rings (SSSR count). The lowest BCUT2D eigenvalue weighted by Crippen LogP contribution is -2.78. The number of rotatable bonds is 3. The van der Waals surface area contributed by atoms with Gasteiger partial charge in [0.25, 0.3) is 5.79 Å². The first kappa shape index (κ1) is 20.5. The van der Waals surface area contributed by atoms with Crippen LogP contribution in [-0.2, 0) is 4.74 Å². The Morgan fingerprint density at radius 1 is 1.31 bits per heavy atom. The number of carbonyl (C=O) groups is 1. The van der Waals surface area contributed by atoms with Crippen LogP contribution in [0, 0.1) is 6.92 Å². The fourth-order valence-corrected chi connectivity index (χ4v) is 5.25. The maximum absolute atomic E-state index is 13.2. The second-order valence-electron chi connectivity index (χ2n) is 8.66. The maximum Gasteiger partial charge on any atom is 0.346 e. The van der Waals surface area contributed by atoms with Gasteiger partial charge in [-0.15, -0.1) is 0 Å². The summed E-state index contributed by atoms with van der Waals surface area (Å²) >= 11 is 0. The van der Waals surface area contributed by atoms with Crippen molar-refractivity contribution in [3.63, 3.8) is 0 Å². The van der Waals surface area contributed by atoms with Crippen LogP contribution < -0.4 is 22.1 Å². The first-order valence-electron chi connectivity index (χ1n) is 10.6. The highest BCUT2D eigenvalue weighted by atomic mass is 16.6. The number of aliphatic imine (C=N–C) groups is 1. The Kier molecular flexibility index (Phi) is 4.37. The van der Waals surface area contributed by atoms with Crippen molar-refractivity contribution in [1.29, 1.82) is 0 Å². The molecule has 1 saturated heterocycles. The summed E-state index contributed by atoms with van der Waals surface area (Å²) in [7, 11) is 0. The molecule has 8 N–H and O–H groups in total. The molecule has 2 aromatic carbocycles. The van der Waals surface area contributed by atoms with Gasteiger partial charge in [-0.2, -0.15) is 0 Å². The van der Waals surface area contributed by atoms with Gasteiger partial charge in [-0.25, -0.2) is 14.4 Å². The van der Waals surface area contributed by atoms with Crippen LogP contribution >= 0.6 is 0 Å². The molecule has 3 aliphatic heterocycles. The Morgan fingerprint density at radius 2 is 2.06 bits per heavy atom. The van der Waals surface area contributed by atoms with Gasteiger partial charge in [0.15, 0.2) is 12.1 Å². The number of benzene rings is 2. The van der Waals surface area contributed by atoms with Crippen LogP contribution in [-0.4, -0.2) is 68.9 Å². The zero-order chi connectivity index (χ0) is 22.8. The molecule has 1 spiro atoms. The van der Waals surface area contributed by atoms with E-state index in [1.165, 1.54) is 0 Å². The average molecular weight is 439 g/mol. The molecular formula is C22H27N6O4+. The Labute approximate surface area is 184 Å². The predicted octanol–water partition coefficient (Wildman–Crippen LogP) is -0.940. The van der Waals surface area contributed by atoms with Crippen LogP contribution in [0.25, 0.3) is 10.8 Å². The number of ether oxygens (including phenoxy) is 1. The van der Waals surface area contributed by atoms with E-state index in [1.54, 1.807) is 10.6 Å². The summed E-state index contributed by atoms with van der Waals surface area (Å²) in [5.41, 5.74) is 11.9. The average Bonchev–Trinajstić information content (AvgIpc) is 3.22. The van der Waals surface area contributed by atoms with Gasteiger partial charge in [0.1, 0.15) is 18.6 Å². The normalized spacial score (nSPS) is 30.2. The highest BCUT2D eigenvalue weighted by Crippen LogP contribution is 2.43. The first-order valence-corrected chi connectivity index (χ1v) is 10.6. The number of aliphatic hydroxyl groups is 2. The minimum Gasteiger partial charge on any atom is -0.449 e. The molecule has 3 heterocycles. The number of nitrogens with zero attached hydrogens (tertiary/aromatic N) is 2. The van der Waals surface area contributed by atoms with Crippen LogP contribution in [0.5, 0.6) is 0 Å². The summed E-state index contributed by atoms with van der Waals surface area (Å²) in [5, 5.41) is 30.4. The molecule has 0 bridgehead atoms. The van der Waals surface area contributed by atoms with Gasteiger partial charge in [-0.3, -0.25) is 11.1 Å². The fourth-order valence-electron chi connectivity index (χ4n) is 5.25. The first-order chi connectivity index (χ1) is 15.2. The highest BCUT2D eigenvalue weighted by molar-refractivity contribution is 6.05. The lowest BCUT2D eigenvalue weighted by molar-refractivity contribution is -0.623. The molecule has 0 aromatic heterocycles. The minimum atomic E-state index is -2.52. The van der Waals surface area contributed by atoms with E-state index in [2.05, 4.69) is 15.6 Å². The predicted molar refractivity (Wildman–Crippen MR) is 118 cm³/mol. The molecule has 10 nitrogen and oxygen atoms in total. The van der Waals surface area contributed by atoms with Gasteiger partial charge in [0, 0.05) is 0 Å². The molecule has 0 aliphatic carbocycles. The topological polar surface area (TPSA) is 158 Å². The standard InChI is InChI=1S/C22H26N6O4/c1-3-15-17-21(27-19(23)26-17)22(30,31)16(10-28(21)20(24)25-15)32-18(29)14-9-11(2)8-12-6-4-5-7-13(12)14/h4-9,15-17,30-31H,3,10H2,1-2H3,(H5,23,24,25,26,27)/p+1/t15-,16-,17-,21-/m0/s1. The van der Waals surface area contributed by atoms with Crippen molar-refractivity contribution in [1.82, 2.24) is 10.6 Å². The van der Waals surface area contributed by atoms with E-state index in [1.807, 2.05) is 44.2 Å². The third-order valence-corrected chi connectivity index (χ3v) is 6.73. The number of nitrogens with one attached hydrogen (secondary N) is 2. The number of aryl methyl sites for hydroxylation is 1. The Morgan fingerprint density at radius 3 is 2.81 bits per heavy atom. The molecule has 1 fully saturated rings. The van der Waals surface area contributed by atoms with Gasteiger partial charge >= 0.3 is 11.9 Å². The lowest BCUT2D eigenvalue weighted by atomic mass is 9.85. The number of carbonyl (C=O) groups excluding carboxylic acids is 1. The van der Waals surface area contributed by atoms with Crippen molar-refractivity contribution in [2.75, 3.05) is 6.54 Å². The second-order valence-corrected chi connectivity index (χ2v) is 8.66. The monoisotopic (exact) mass is 439 g/mol. The van der Waals surface area contributed by atoms with Crippen molar-refractivity contribution in [2.24, 2.45) is 16.5 Å². The molecule has 0 amide bonds. The molecule has 0 saturated carbocycles. The zero-order valence-corrected chi connectivity index (χ0v) is 17.9. The largest absolute Gasteiger partial charge is 0.449 e. The zero-order valence-electron chi connectivity index (χ0n) is 17.9. The van der Waals surface area contributed by atoms with E-state index in [0.29, 0.717) is 12.0 Å². The molecule has 2 aromatic rings. The smallest absolute Gasteiger partial charge is 0.346 e. The Balaban J connectivity index is 1.54. The van der Waals surface area contributed by atoms with E-state index in [-0.39, 0.29) is 24.5 Å². The molecular weight excluding hydrogens is 412 g/mol. The van der Waals surface area contributed by atoms with E-state index in [4.69, 9.17) is 16.2 Å². The van der Waals surface area contributed by atoms with Crippen LogP contribution in [0.2, 0.25) is 0 Å². The number of esters is 1. The third kappa shape index (κ3) is 2.63. The summed E-state index contributed by atoms with van der Waals surface area (Å²) in [6.07, 6.45) is -0.684. The molecule has 0 radical (unpaired) electrons. The van der Waals surface area contributed by atoms with Crippen LogP contribution in [0.4, 0.5) is 0 Å². The SMILES string of the molecule is CC[C@@H]1NC(N)=[N+]2C[C@H](OC(=O)c3cc(C)cc4ccccc34)C(O)(O)[C@@]23NC(N)=N[C@@H]13. The molecule has 168 valence electrons. The van der Waals surface area contributed by atoms with E-state index in [0.717, 1.165) is 16.3 Å². The van der Waals surface area contributed by atoms with Crippen molar-refractivity contribution in [2.45, 2.75) is 49.9 Å². The maximum atomic E-state index is 13.2. The molecule has 4 atom stereocenters. The molecule has 10 heteroatoms. The Bertz CT molecular complexity index is 1190. The van der Waals surface area contributed by atoms with E-state index in [9.17, 15) is 15.0 Å². The third-order valence-electron chi connectivity index (χ3n) is 6.73. The van der Waals surface area contributed by atoms with Crippen molar-refractivity contribution in [3.8, 4) is 0 Å². The number of fused-ring (bicyclic) bond motifs is 1. The van der Waals surface area contributed by atoms with Gasteiger partial charge in [-0.1, -0.05) is 37.3 Å². The molecule has 0 unspecified atom stereocenters. The van der Waals surface area contributed by atoms with Crippen molar-refractivity contribution >= 4 is 28.7 Å². The van der Waals surface area contributed by atoms with Crippen molar-refractivity contribution in [3.05, 3.63) is 47.5 Å². The summed E-state index contributed by atoms with van der Waals surface area (Å²) in [4.78, 5) is 17.6. The fraction of sp³-hybridized carbons (Fsp3) is 0.409. The van der Waals surface area contributed by atoms with Crippen LogP contribution in [0.3, 0.4) is 0 Å². The quantitative estimate of drug-likeness (QED) is 0.203. The van der Waals surface area contributed by atoms with Crippen LogP contribution in [0.15, 0.2) is 41.4 Å². The summed E-state index contributed by atoms with van der Waals surface area (Å²) < 4.78 is 7.26. The van der Waals surface area contributed by atoms with E-state index < -0.39 is 29.6 Å². The number of hydrogen-bond donors (Lipinski definition) is 6. The van der Waals surface area contributed by atoms with Gasteiger partial charge < -0.3 is 26.0 Å². The molecule has 32 heavy (non-hydrogen) atoms. The number of nitrogens with two attached hydrogens (primary N) is 2. The highest BCUT2D eigenvalue weighted by Gasteiger charge is 2.75. The van der Waals surface area contributed by atoms with Gasteiger partial charge in [-0.05, 0) is 35.7 Å². The summed E-state index contributed by atoms with van der Waals surface area (Å²) in [6.45, 7) is 3.77. The van der Waals surface area contributed by atoms with Crippen molar-refractivity contribution < 1.29 is 24.3 Å². The van der Waals surface area contributed by atoms with E-state index >= 15 is 0 Å².